The van der Waals surface area contributed by atoms with E-state index < -0.39 is 10.0 Å². The van der Waals surface area contributed by atoms with Gasteiger partial charge in [-0.25, -0.2) is 8.42 Å². The zero-order valence-corrected chi connectivity index (χ0v) is 15.8. The summed E-state index contributed by atoms with van der Waals surface area (Å²) in [6.07, 6.45) is 1.99. The van der Waals surface area contributed by atoms with Crippen LogP contribution in [0.5, 0.6) is 5.75 Å². The number of aryl methyl sites for hydroxylation is 1. The van der Waals surface area contributed by atoms with Crippen LogP contribution in [0, 0.1) is 6.92 Å². The highest BCUT2D eigenvalue weighted by Crippen LogP contribution is 2.28. The number of carbonyl (C=O) groups is 1. The van der Waals surface area contributed by atoms with Crippen LogP contribution in [0.25, 0.3) is 0 Å². The zero-order valence-electron chi connectivity index (χ0n) is 15.0. The Hall–Kier alpha value is -2.54. The normalized spacial score (nSPS) is 14.0. The molecule has 1 N–H and O–H groups in total. The lowest BCUT2D eigenvalue weighted by atomic mass is 10.1. The van der Waals surface area contributed by atoms with Gasteiger partial charge in [-0.05, 0) is 61.7 Å². The molecule has 1 aliphatic rings. The van der Waals surface area contributed by atoms with E-state index in [1.165, 1.54) is 30.6 Å². The van der Waals surface area contributed by atoms with E-state index in [-0.39, 0.29) is 16.8 Å². The molecule has 1 fully saturated rings. The molecule has 1 amide bonds. The van der Waals surface area contributed by atoms with Crippen molar-refractivity contribution >= 4 is 21.6 Å². The Morgan fingerprint density at radius 1 is 1.15 bits per heavy atom. The lowest BCUT2D eigenvalue weighted by Gasteiger charge is -2.22. The molecular weight excluding hydrogens is 352 g/mol. The number of nitrogens with one attached hydrogen (secondary N) is 1. The van der Waals surface area contributed by atoms with E-state index in [4.69, 9.17) is 4.74 Å². The van der Waals surface area contributed by atoms with Gasteiger partial charge in [-0.1, -0.05) is 6.07 Å². The maximum absolute atomic E-state index is 12.9. The van der Waals surface area contributed by atoms with Crippen LogP contribution in [0.2, 0.25) is 0 Å². The summed E-state index contributed by atoms with van der Waals surface area (Å²) >= 11 is 0. The van der Waals surface area contributed by atoms with Gasteiger partial charge in [0.2, 0.25) is 0 Å². The number of hydrogen-bond donors (Lipinski definition) is 1. The molecular formula is C19H22N2O4S. The second-order valence-electron chi connectivity index (χ2n) is 6.40. The minimum absolute atomic E-state index is 0.160. The summed E-state index contributed by atoms with van der Waals surface area (Å²) in [4.78, 5) is 12.4. The van der Waals surface area contributed by atoms with Gasteiger partial charge in [0.15, 0.2) is 0 Å². The van der Waals surface area contributed by atoms with E-state index in [0.717, 1.165) is 18.4 Å². The second kappa shape index (κ2) is 6.99. The average Bonchev–Trinajstić information content (AvgIpc) is 3.45. The third-order valence-electron chi connectivity index (χ3n) is 4.44. The molecule has 0 spiro atoms. The predicted molar refractivity (Wildman–Crippen MR) is 100 cm³/mol. The third-order valence-corrected chi connectivity index (χ3v) is 6.23. The first-order chi connectivity index (χ1) is 12.3. The number of sulfonamides is 1. The SMILES string of the molecule is COc1ccc(S(=O)(=O)N(C)c2cc(C(=O)NC3CC3)ccc2C)cc1. The largest absolute Gasteiger partial charge is 0.497 e. The molecule has 1 aliphatic carbocycles. The van der Waals surface area contributed by atoms with Crippen molar-refractivity contribution in [3.63, 3.8) is 0 Å². The number of amides is 1. The third kappa shape index (κ3) is 3.67. The first-order valence-corrected chi connectivity index (χ1v) is 9.81. The monoisotopic (exact) mass is 374 g/mol. The molecule has 6 nitrogen and oxygen atoms in total. The van der Waals surface area contributed by atoms with Crippen molar-refractivity contribution in [2.24, 2.45) is 0 Å². The second-order valence-corrected chi connectivity index (χ2v) is 8.37. The van der Waals surface area contributed by atoms with Gasteiger partial charge in [0.25, 0.3) is 15.9 Å². The number of methoxy groups -OCH3 is 1. The number of rotatable bonds is 6. The van der Waals surface area contributed by atoms with Gasteiger partial charge in [0, 0.05) is 18.7 Å². The molecule has 0 unspecified atom stereocenters. The minimum atomic E-state index is -3.75. The first kappa shape index (κ1) is 18.3. The molecule has 7 heteroatoms. The number of carbonyl (C=O) groups excluding carboxylic acids is 1. The number of benzene rings is 2. The van der Waals surface area contributed by atoms with Crippen molar-refractivity contribution in [3.05, 3.63) is 53.6 Å². The molecule has 2 aromatic carbocycles. The Morgan fingerprint density at radius 2 is 1.81 bits per heavy atom. The molecule has 2 aromatic rings. The summed E-state index contributed by atoms with van der Waals surface area (Å²) in [6, 6.07) is 11.6. The molecule has 0 heterocycles. The summed E-state index contributed by atoms with van der Waals surface area (Å²) in [5.74, 6) is 0.408. The molecule has 0 aromatic heterocycles. The number of anilines is 1. The number of ether oxygens (including phenoxy) is 1. The standard InChI is InChI=1S/C19H22N2O4S/c1-13-4-5-14(19(22)20-15-6-7-15)12-18(13)21(2)26(23,24)17-10-8-16(25-3)9-11-17/h4-5,8-12,15H,6-7H2,1-3H3,(H,20,22). The molecule has 0 atom stereocenters. The molecule has 0 saturated heterocycles. The van der Waals surface area contributed by atoms with Crippen LogP contribution < -0.4 is 14.4 Å². The van der Waals surface area contributed by atoms with Crippen molar-refractivity contribution in [1.29, 1.82) is 0 Å². The fraction of sp³-hybridized carbons (Fsp3) is 0.316. The van der Waals surface area contributed by atoms with Crippen LogP contribution in [0.15, 0.2) is 47.4 Å². The van der Waals surface area contributed by atoms with E-state index in [0.29, 0.717) is 17.0 Å². The Morgan fingerprint density at radius 3 is 2.38 bits per heavy atom. The average molecular weight is 374 g/mol. The highest BCUT2D eigenvalue weighted by molar-refractivity contribution is 7.92. The molecule has 0 aliphatic heterocycles. The van der Waals surface area contributed by atoms with Gasteiger partial charge < -0.3 is 10.1 Å². The fourth-order valence-corrected chi connectivity index (χ4v) is 3.87. The number of nitrogens with zero attached hydrogens (tertiary/aromatic N) is 1. The van der Waals surface area contributed by atoms with Crippen LogP contribution >= 0.6 is 0 Å². The van der Waals surface area contributed by atoms with Crippen LogP contribution in [-0.2, 0) is 10.0 Å². The van der Waals surface area contributed by atoms with Crippen molar-refractivity contribution in [1.82, 2.24) is 5.32 Å². The van der Waals surface area contributed by atoms with Gasteiger partial charge >= 0.3 is 0 Å². The van der Waals surface area contributed by atoms with Crippen LogP contribution in [0.4, 0.5) is 5.69 Å². The first-order valence-electron chi connectivity index (χ1n) is 8.37. The lowest BCUT2D eigenvalue weighted by Crippen LogP contribution is -2.29. The maximum Gasteiger partial charge on any atom is 0.264 e. The van der Waals surface area contributed by atoms with Crippen LogP contribution in [0.1, 0.15) is 28.8 Å². The quantitative estimate of drug-likeness (QED) is 0.844. The summed E-state index contributed by atoms with van der Waals surface area (Å²) < 4.78 is 32.2. The smallest absolute Gasteiger partial charge is 0.264 e. The molecule has 138 valence electrons. The van der Waals surface area contributed by atoms with Crippen LogP contribution in [-0.4, -0.2) is 34.5 Å². The molecule has 26 heavy (non-hydrogen) atoms. The van der Waals surface area contributed by atoms with Crippen molar-refractivity contribution < 1.29 is 17.9 Å². The summed E-state index contributed by atoms with van der Waals surface area (Å²) in [7, 11) is -0.731. The molecule has 0 radical (unpaired) electrons. The van der Waals surface area contributed by atoms with E-state index >= 15 is 0 Å². The van der Waals surface area contributed by atoms with Crippen molar-refractivity contribution in [2.75, 3.05) is 18.5 Å². The predicted octanol–water partition coefficient (Wildman–Crippen LogP) is 2.72. The highest BCUT2D eigenvalue weighted by Gasteiger charge is 2.26. The Bertz CT molecular complexity index is 919. The zero-order chi connectivity index (χ0) is 18.9. The van der Waals surface area contributed by atoms with Gasteiger partial charge in [0.05, 0.1) is 17.7 Å². The van der Waals surface area contributed by atoms with Gasteiger partial charge in [-0.3, -0.25) is 9.10 Å². The molecule has 3 rings (SSSR count). The molecule has 1 saturated carbocycles. The lowest BCUT2D eigenvalue weighted by molar-refractivity contribution is 0.0951. The van der Waals surface area contributed by atoms with Gasteiger partial charge in [-0.15, -0.1) is 0 Å². The Kier molecular flexibility index (Phi) is 4.91. The number of hydrogen-bond acceptors (Lipinski definition) is 4. The van der Waals surface area contributed by atoms with E-state index in [9.17, 15) is 13.2 Å². The highest BCUT2D eigenvalue weighted by atomic mass is 32.2. The minimum Gasteiger partial charge on any atom is -0.497 e. The van der Waals surface area contributed by atoms with Crippen molar-refractivity contribution in [2.45, 2.75) is 30.7 Å². The molecule has 0 bridgehead atoms. The van der Waals surface area contributed by atoms with E-state index in [2.05, 4.69) is 5.32 Å². The summed E-state index contributed by atoms with van der Waals surface area (Å²) in [6.45, 7) is 1.82. The van der Waals surface area contributed by atoms with Gasteiger partial charge in [0.1, 0.15) is 5.75 Å². The summed E-state index contributed by atoms with van der Waals surface area (Å²) in [5, 5.41) is 2.92. The van der Waals surface area contributed by atoms with Gasteiger partial charge in [-0.2, -0.15) is 0 Å². The van der Waals surface area contributed by atoms with Crippen molar-refractivity contribution in [3.8, 4) is 5.75 Å². The fourth-order valence-electron chi connectivity index (χ4n) is 2.62. The topological polar surface area (TPSA) is 75.7 Å². The maximum atomic E-state index is 12.9. The van der Waals surface area contributed by atoms with E-state index in [1.807, 2.05) is 6.92 Å². The Labute approximate surface area is 153 Å². The summed E-state index contributed by atoms with van der Waals surface area (Å²) in [5.41, 5.74) is 1.70. The van der Waals surface area contributed by atoms with E-state index in [1.54, 1.807) is 30.3 Å². The Balaban J connectivity index is 1.91. The van der Waals surface area contributed by atoms with Crippen LogP contribution in [0.3, 0.4) is 0 Å².